The molecule has 6 nitrogen and oxygen atoms in total. The lowest BCUT2D eigenvalue weighted by molar-refractivity contribution is -0.132. The molecule has 1 atom stereocenters. The van der Waals surface area contributed by atoms with E-state index in [1.54, 1.807) is 12.1 Å². The van der Waals surface area contributed by atoms with Crippen LogP contribution in [0, 0.1) is 12.7 Å². The number of carbonyl (C=O) groups is 2. The Balaban J connectivity index is 1.93. The van der Waals surface area contributed by atoms with E-state index in [0.717, 1.165) is 16.9 Å². The molecular formula is C20H14FN3O3S. The number of aliphatic hydroxyl groups excluding tert-OH is 1. The Labute approximate surface area is 163 Å². The van der Waals surface area contributed by atoms with Gasteiger partial charge in [-0.2, -0.15) is 0 Å². The largest absolute Gasteiger partial charge is 0.507 e. The van der Waals surface area contributed by atoms with E-state index in [2.05, 4.69) is 10.2 Å². The van der Waals surface area contributed by atoms with Crippen molar-refractivity contribution in [2.45, 2.75) is 13.0 Å². The summed E-state index contributed by atoms with van der Waals surface area (Å²) in [5, 5.41) is 18.8. The SMILES string of the molecule is Cc1ccc([C@@H]2C(=C(O)c3ccc(F)cc3)C(=O)C(=O)N2c2nncs2)cc1. The highest BCUT2D eigenvalue weighted by Gasteiger charge is 2.48. The zero-order valence-corrected chi connectivity index (χ0v) is 15.5. The molecule has 1 amide bonds. The zero-order chi connectivity index (χ0) is 19.8. The molecule has 0 unspecified atom stereocenters. The third-order valence-electron chi connectivity index (χ3n) is 4.51. The third-order valence-corrected chi connectivity index (χ3v) is 5.20. The van der Waals surface area contributed by atoms with Crippen LogP contribution in [0.5, 0.6) is 0 Å². The van der Waals surface area contributed by atoms with Gasteiger partial charge in [0.05, 0.1) is 11.6 Å². The average Bonchev–Trinajstić information content (AvgIpc) is 3.30. The number of benzene rings is 2. The predicted octanol–water partition coefficient (Wildman–Crippen LogP) is 3.61. The summed E-state index contributed by atoms with van der Waals surface area (Å²) in [6, 6.07) is 11.5. The van der Waals surface area contributed by atoms with Crippen molar-refractivity contribution in [3.05, 3.63) is 82.1 Å². The number of amides is 1. The lowest BCUT2D eigenvalue weighted by Gasteiger charge is -2.22. The number of aliphatic hydroxyl groups is 1. The number of aryl methyl sites for hydroxylation is 1. The molecule has 3 aromatic rings. The van der Waals surface area contributed by atoms with Crippen molar-refractivity contribution in [1.82, 2.24) is 10.2 Å². The minimum Gasteiger partial charge on any atom is -0.507 e. The van der Waals surface area contributed by atoms with Gasteiger partial charge in [-0.3, -0.25) is 14.5 Å². The summed E-state index contributed by atoms with van der Waals surface area (Å²) in [5.74, 6) is -2.47. The van der Waals surface area contributed by atoms with Gasteiger partial charge in [0.1, 0.15) is 17.1 Å². The van der Waals surface area contributed by atoms with Gasteiger partial charge >= 0.3 is 5.91 Å². The van der Waals surface area contributed by atoms with Crippen LogP contribution < -0.4 is 4.90 Å². The van der Waals surface area contributed by atoms with E-state index in [1.807, 2.05) is 19.1 Å². The predicted molar refractivity (Wildman–Crippen MR) is 102 cm³/mol. The Morgan fingerprint density at radius 2 is 1.79 bits per heavy atom. The number of ketones is 1. The Kier molecular flexibility index (Phi) is 4.48. The van der Waals surface area contributed by atoms with Gasteiger partial charge in [0, 0.05) is 5.56 Å². The van der Waals surface area contributed by atoms with Crippen LogP contribution in [0.3, 0.4) is 0 Å². The van der Waals surface area contributed by atoms with Crippen LogP contribution in [-0.2, 0) is 9.59 Å². The van der Waals surface area contributed by atoms with Crippen LogP contribution in [0.15, 0.2) is 59.6 Å². The fourth-order valence-electron chi connectivity index (χ4n) is 3.13. The number of rotatable bonds is 3. The van der Waals surface area contributed by atoms with E-state index in [0.29, 0.717) is 5.56 Å². The van der Waals surface area contributed by atoms with Crippen LogP contribution in [0.1, 0.15) is 22.7 Å². The van der Waals surface area contributed by atoms with Gasteiger partial charge in [-0.1, -0.05) is 41.2 Å². The van der Waals surface area contributed by atoms with Crippen molar-refractivity contribution in [2.24, 2.45) is 0 Å². The highest BCUT2D eigenvalue weighted by Crippen LogP contribution is 2.42. The molecule has 0 spiro atoms. The van der Waals surface area contributed by atoms with Crippen LogP contribution in [0.2, 0.25) is 0 Å². The second-order valence-electron chi connectivity index (χ2n) is 6.31. The monoisotopic (exact) mass is 395 g/mol. The molecule has 1 aliphatic heterocycles. The quantitative estimate of drug-likeness (QED) is 0.416. The Bertz CT molecular complexity index is 1080. The van der Waals surface area contributed by atoms with Crippen molar-refractivity contribution in [2.75, 3.05) is 4.90 Å². The molecule has 28 heavy (non-hydrogen) atoms. The third kappa shape index (κ3) is 2.97. The Morgan fingerprint density at radius 1 is 1.11 bits per heavy atom. The van der Waals surface area contributed by atoms with Gasteiger partial charge in [-0.05, 0) is 36.8 Å². The molecule has 1 aromatic heterocycles. The van der Waals surface area contributed by atoms with E-state index in [9.17, 15) is 19.1 Å². The number of nitrogens with zero attached hydrogens (tertiary/aromatic N) is 3. The summed E-state index contributed by atoms with van der Waals surface area (Å²) < 4.78 is 13.3. The lowest BCUT2D eigenvalue weighted by Crippen LogP contribution is -2.29. The first-order chi connectivity index (χ1) is 13.5. The molecule has 0 saturated carbocycles. The molecule has 1 N–H and O–H groups in total. The fourth-order valence-corrected chi connectivity index (χ4v) is 3.71. The number of carbonyl (C=O) groups excluding carboxylic acids is 2. The number of Topliss-reactive ketones (excluding diaryl/α,β-unsaturated/α-hetero) is 1. The molecule has 1 aliphatic rings. The second-order valence-corrected chi connectivity index (χ2v) is 7.12. The van der Waals surface area contributed by atoms with E-state index in [1.165, 1.54) is 34.7 Å². The molecule has 1 fully saturated rings. The topological polar surface area (TPSA) is 83.4 Å². The minimum atomic E-state index is -0.862. The molecule has 0 aliphatic carbocycles. The van der Waals surface area contributed by atoms with E-state index in [4.69, 9.17) is 0 Å². The number of hydrogen-bond donors (Lipinski definition) is 1. The number of hydrogen-bond acceptors (Lipinski definition) is 6. The van der Waals surface area contributed by atoms with Crippen molar-refractivity contribution >= 4 is 33.9 Å². The van der Waals surface area contributed by atoms with Crippen molar-refractivity contribution in [1.29, 1.82) is 0 Å². The smallest absolute Gasteiger partial charge is 0.301 e. The van der Waals surface area contributed by atoms with Gasteiger partial charge < -0.3 is 5.11 Å². The minimum absolute atomic E-state index is 0.0735. The summed E-state index contributed by atoms with van der Waals surface area (Å²) in [5.41, 5.74) is 3.28. The summed E-state index contributed by atoms with van der Waals surface area (Å²) in [7, 11) is 0. The second kappa shape index (κ2) is 6.97. The number of aromatic nitrogens is 2. The Morgan fingerprint density at radius 3 is 2.39 bits per heavy atom. The molecule has 1 saturated heterocycles. The van der Waals surface area contributed by atoms with Crippen molar-refractivity contribution < 1.29 is 19.1 Å². The molecule has 8 heteroatoms. The maximum atomic E-state index is 13.3. The van der Waals surface area contributed by atoms with Crippen LogP contribution in [0.4, 0.5) is 9.52 Å². The van der Waals surface area contributed by atoms with Gasteiger partial charge in [0.15, 0.2) is 0 Å². The zero-order valence-electron chi connectivity index (χ0n) is 14.7. The van der Waals surface area contributed by atoms with E-state index < -0.39 is 23.5 Å². The fraction of sp³-hybridized carbons (Fsp3) is 0.100. The lowest BCUT2D eigenvalue weighted by atomic mass is 9.95. The first-order valence-electron chi connectivity index (χ1n) is 8.37. The molecule has 140 valence electrons. The van der Waals surface area contributed by atoms with Crippen LogP contribution in [0.25, 0.3) is 5.76 Å². The van der Waals surface area contributed by atoms with Crippen molar-refractivity contribution in [3.8, 4) is 0 Å². The standard InChI is InChI=1S/C20H14FN3O3S/c1-11-2-4-12(5-3-11)16-15(17(25)13-6-8-14(21)9-7-13)18(26)19(27)24(16)20-23-22-10-28-20/h2-10,16,25H,1H3/t16-/m1/s1. The first kappa shape index (κ1) is 18.0. The highest BCUT2D eigenvalue weighted by molar-refractivity contribution is 7.13. The normalized spacial score (nSPS) is 18.6. The van der Waals surface area contributed by atoms with Gasteiger partial charge in [-0.25, -0.2) is 4.39 Å². The van der Waals surface area contributed by atoms with Crippen LogP contribution >= 0.6 is 11.3 Å². The summed E-state index contributed by atoms with van der Waals surface area (Å²) in [6.45, 7) is 1.92. The molecule has 4 rings (SSSR count). The maximum Gasteiger partial charge on any atom is 0.301 e. The summed E-state index contributed by atoms with van der Waals surface area (Å²) in [4.78, 5) is 26.8. The number of halogens is 1. The maximum absolute atomic E-state index is 13.3. The number of anilines is 1. The highest BCUT2D eigenvalue weighted by atomic mass is 32.1. The molecule has 0 radical (unpaired) electrons. The summed E-state index contributed by atoms with van der Waals surface area (Å²) >= 11 is 1.12. The molecule has 0 bridgehead atoms. The Hall–Kier alpha value is -3.39. The van der Waals surface area contributed by atoms with Gasteiger partial charge in [0.2, 0.25) is 5.13 Å². The first-order valence-corrected chi connectivity index (χ1v) is 9.25. The average molecular weight is 395 g/mol. The van der Waals surface area contributed by atoms with Crippen molar-refractivity contribution in [3.63, 3.8) is 0 Å². The summed E-state index contributed by atoms with van der Waals surface area (Å²) in [6.07, 6.45) is 0. The molecular weight excluding hydrogens is 381 g/mol. The van der Waals surface area contributed by atoms with E-state index >= 15 is 0 Å². The molecule has 2 aromatic carbocycles. The van der Waals surface area contributed by atoms with Crippen LogP contribution in [-0.4, -0.2) is 27.0 Å². The van der Waals surface area contributed by atoms with E-state index in [-0.39, 0.29) is 22.0 Å². The van der Waals surface area contributed by atoms with Gasteiger partial charge in [-0.15, -0.1) is 10.2 Å². The molecule has 2 heterocycles. The van der Waals surface area contributed by atoms with Gasteiger partial charge in [0.25, 0.3) is 5.78 Å².